The highest BCUT2D eigenvalue weighted by atomic mass is 127. The van der Waals surface area contributed by atoms with E-state index in [-0.39, 0.29) is 24.0 Å². The summed E-state index contributed by atoms with van der Waals surface area (Å²) in [5.74, 6) is 1.78. The van der Waals surface area contributed by atoms with Crippen molar-refractivity contribution in [2.45, 2.75) is 45.2 Å². The summed E-state index contributed by atoms with van der Waals surface area (Å²) in [5, 5.41) is 14.5. The molecule has 0 bridgehead atoms. The van der Waals surface area contributed by atoms with Crippen LogP contribution in [0.3, 0.4) is 0 Å². The number of aryl methyl sites for hydroxylation is 1. The molecule has 0 amide bonds. The van der Waals surface area contributed by atoms with Crippen molar-refractivity contribution in [1.29, 1.82) is 0 Å². The van der Waals surface area contributed by atoms with Crippen molar-refractivity contribution in [3.63, 3.8) is 0 Å². The monoisotopic (exact) mass is 541 g/mol. The van der Waals surface area contributed by atoms with Gasteiger partial charge in [-0.25, -0.2) is 0 Å². The molecule has 1 atom stereocenters. The molecule has 1 fully saturated rings. The molecule has 0 radical (unpaired) electrons. The van der Waals surface area contributed by atoms with Gasteiger partial charge in [-0.15, -0.1) is 34.2 Å². The number of unbranched alkanes of at least 4 members (excludes halogenated alkanes) is 1. The highest BCUT2D eigenvalue weighted by Gasteiger charge is 2.23. The lowest BCUT2D eigenvalue weighted by Crippen LogP contribution is -2.39. The fraction of sp³-hybridized carbons (Fsp3) is 0.591. The Morgan fingerprint density at radius 3 is 2.45 bits per heavy atom. The number of hydrogen-bond acceptors (Lipinski definition) is 5. The molecule has 9 heteroatoms. The first-order chi connectivity index (χ1) is 14.8. The molecule has 1 aliphatic rings. The first-order valence-electron chi connectivity index (χ1n) is 11.0. The van der Waals surface area contributed by atoms with Crippen LogP contribution in [0.1, 0.15) is 44.2 Å². The number of aromatic nitrogens is 3. The smallest absolute Gasteiger partial charge is 0.191 e. The van der Waals surface area contributed by atoms with E-state index in [1.807, 2.05) is 16.7 Å². The highest BCUT2D eigenvalue weighted by molar-refractivity contribution is 14.0. The third-order valence-corrected chi connectivity index (χ3v) is 5.45. The normalized spacial score (nSPS) is 15.4. The zero-order chi connectivity index (χ0) is 21.0. The van der Waals surface area contributed by atoms with E-state index < -0.39 is 0 Å². The molecule has 1 saturated heterocycles. The maximum Gasteiger partial charge on any atom is 0.191 e. The van der Waals surface area contributed by atoms with Gasteiger partial charge < -0.3 is 19.9 Å². The van der Waals surface area contributed by atoms with Crippen LogP contribution in [0.4, 0.5) is 0 Å². The number of aliphatic imine (C=N–C) groups is 1. The predicted molar refractivity (Wildman–Crippen MR) is 135 cm³/mol. The van der Waals surface area contributed by atoms with Gasteiger partial charge in [0.25, 0.3) is 0 Å². The Morgan fingerprint density at radius 1 is 1.10 bits per heavy atom. The van der Waals surface area contributed by atoms with Gasteiger partial charge in [-0.05, 0) is 63.4 Å². The molecule has 2 heterocycles. The van der Waals surface area contributed by atoms with Gasteiger partial charge in [0.05, 0.1) is 19.7 Å². The highest BCUT2D eigenvalue weighted by Crippen LogP contribution is 2.27. The Bertz CT molecular complexity index is 746. The SMILES string of the molecule is CCNC(=NCC(c1ccc(OC)cc1)N1CCCC1)NCCCCn1cnnc1.I. The molecule has 0 spiro atoms. The van der Waals surface area contributed by atoms with E-state index in [1.54, 1.807) is 19.8 Å². The second-order valence-corrected chi connectivity index (χ2v) is 7.59. The lowest BCUT2D eigenvalue weighted by Gasteiger charge is -2.27. The number of benzene rings is 1. The van der Waals surface area contributed by atoms with Gasteiger partial charge in [-0.1, -0.05) is 12.1 Å². The second kappa shape index (κ2) is 14.2. The molecule has 0 saturated carbocycles. The summed E-state index contributed by atoms with van der Waals surface area (Å²) in [6.45, 7) is 7.80. The average molecular weight is 541 g/mol. The van der Waals surface area contributed by atoms with Crippen LogP contribution in [0.2, 0.25) is 0 Å². The Morgan fingerprint density at radius 2 is 1.81 bits per heavy atom. The van der Waals surface area contributed by atoms with Crippen LogP contribution in [0.15, 0.2) is 41.9 Å². The van der Waals surface area contributed by atoms with E-state index >= 15 is 0 Å². The summed E-state index contributed by atoms with van der Waals surface area (Å²) in [6.07, 6.45) is 8.19. The van der Waals surface area contributed by atoms with Crippen molar-refractivity contribution in [2.75, 3.05) is 39.8 Å². The number of ether oxygens (including phenoxy) is 1. The van der Waals surface area contributed by atoms with Gasteiger partial charge >= 0.3 is 0 Å². The van der Waals surface area contributed by atoms with E-state index in [0.29, 0.717) is 6.04 Å². The summed E-state index contributed by atoms with van der Waals surface area (Å²) in [7, 11) is 1.71. The number of methoxy groups -OCH3 is 1. The van der Waals surface area contributed by atoms with Gasteiger partial charge in [0.15, 0.2) is 5.96 Å². The van der Waals surface area contributed by atoms with Crippen LogP contribution in [-0.2, 0) is 6.54 Å². The molecule has 1 aliphatic heterocycles. The Hall–Kier alpha value is -1.88. The number of likely N-dealkylation sites (tertiary alicyclic amines) is 1. The summed E-state index contributed by atoms with van der Waals surface area (Å²) in [6, 6.07) is 8.72. The van der Waals surface area contributed by atoms with Crippen LogP contribution in [0.25, 0.3) is 0 Å². The number of nitrogens with zero attached hydrogens (tertiary/aromatic N) is 5. The van der Waals surface area contributed by atoms with Crippen molar-refractivity contribution in [3.8, 4) is 5.75 Å². The lowest BCUT2D eigenvalue weighted by molar-refractivity contribution is 0.251. The summed E-state index contributed by atoms with van der Waals surface area (Å²) >= 11 is 0. The molecule has 2 aromatic rings. The molecular weight excluding hydrogens is 505 g/mol. The van der Waals surface area contributed by atoms with Gasteiger partial charge in [-0.2, -0.15) is 0 Å². The summed E-state index contributed by atoms with van der Waals surface area (Å²) in [4.78, 5) is 7.47. The fourth-order valence-electron chi connectivity index (χ4n) is 3.79. The van der Waals surface area contributed by atoms with E-state index in [2.05, 4.69) is 44.8 Å². The van der Waals surface area contributed by atoms with Gasteiger partial charge in [0.2, 0.25) is 0 Å². The maximum atomic E-state index is 5.32. The molecule has 1 unspecified atom stereocenters. The third-order valence-electron chi connectivity index (χ3n) is 5.45. The lowest BCUT2D eigenvalue weighted by atomic mass is 10.1. The molecular formula is C22H36IN7O. The Kier molecular flexibility index (Phi) is 11.7. The predicted octanol–water partition coefficient (Wildman–Crippen LogP) is 3.08. The fourth-order valence-corrected chi connectivity index (χ4v) is 3.79. The van der Waals surface area contributed by atoms with Crippen LogP contribution in [-0.4, -0.2) is 65.5 Å². The standard InChI is InChI=1S/C22H35N7O.HI/c1-3-23-22(24-12-4-5-13-28-17-26-27-18-28)25-16-21(29-14-6-7-15-29)19-8-10-20(30-2)11-9-19;/h8-11,17-18,21H,3-7,12-16H2,1-2H3,(H2,23,24,25);1H. The van der Waals surface area contributed by atoms with Crippen molar-refractivity contribution in [1.82, 2.24) is 30.3 Å². The minimum absolute atomic E-state index is 0. The zero-order valence-corrected chi connectivity index (χ0v) is 21.0. The average Bonchev–Trinajstić information content (AvgIpc) is 3.48. The molecule has 3 rings (SSSR count). The van der Waals surface area contributed by atoms with Crippen molar-refractivity contribution >= 4 is 29.9 Å². The van der Waals surface area contributed by atoms with Crippen LogP contribution < -0.4 is 15.4 Å². The minimum atomic E-state index is 0. The van der Waals surface area contributed by atoms with E-state index in [0.717, 1.165) is 63.8 Å². The van der Waals surface area contributed by atoms with Gasteiger partial charge in [0, 0.05) is 19.6 Å². The zero-order valence-electron chi connectivity index (χ0n) is 18.7. The van der Waals surface area contributed by atoms with Crippen LogP contribution in [0.5, 0.6) is 5.75 Å². The Labute approximate surface area is 202 Å². The summed E-state index contributed by atoms with van der Waals surface area (Å²) < 4.78 is 7.33. The van der Waals surface area contributed by atoms with Crippen LogP contribution in [0, 0.1) is 0 Å². The maximum absolute atomic E-state index is 5.32. The topological polar surface area (TPSA) is 79.6 Å². The van der Waals surface area contributed by atoms with E-state index in [1.165, 1.54) is 18.4 Å². The number of guanidine groups is 1. The number of rotatable bonds is 11. The quantitative estimate of drug-likeness (QED) is 0.197. The molecule has 0 aliphatic carbocycles. The molecule has 31 heavy (non-hydrogen) atoms. The molecule has 1 aromatic heterocycles. The first-order valence-corrected chi connectivity index (χ1v) is 11.0. The number of halogens is 1. The number of hydrogen-bond donors (Lipinski definition) is 2. The van der Waals surface area contributed by atoms with E-state index in [9.17, 15) is 0 Å². The molecule has 8 nitrogen and oxygen atoms in total. The van der Waals surface area contributed by atoms with Gasteiger partial charge in [0.1, 0.15) is 18.4 Å². The number of nitrogens with one attached hydrogen (secondary N) is 2. The van der Waals surface area contributed by atoms with E-state index in [4.69, 9.17) is 9.73 Å². The van der Waals surface area contributed by atoms with Crippen molar-refractivity contribution in [3.05, 3.63) is 42.5 Å². The van der Waals surface area contributed by atoms with Gasteiger partial charge in [-0.3, -0.25) is 9.89 Å². The minimum Gasteiger partial charge on any atom is -0.497 e. The second-order valence-electron chi connectivity index (χ2n) is 7.59. The Balaban J connectivity index is 0.00000341. The van der Waals surface area contributed by atoms with Crippen molar-refractivity contribution in [2.24, 2.45) is 4.99 Å². The molecule has 2 N–H and O–H groups in total. The molecule has 172 valence electrons. The molecule has 1 aromatic carbocycles. The van der Waals surface area contributed by atoms with Crippen molar-refractivity contribution < 1.29 is 4.74 Å². The van der Waals surface area contributed by atoms with Crippen LogP contribution >= 0.6 is 24.0 Å². The largest absolute Gasteiger partial charge is 0.497 e. The third kappa shape index (κ3) is 8.29. The first kappa shape index (κ1) is 25.4. The summed E-state index contributed by atoms with van der Waals surface area (Å²) in [5.41, 5.74) is 1.30.